The van der Waals surface area contributed by atoms with Crippen LogP contribution in [-0.2, 0) is 0 Å². The maximum atomic E-state index is 13.8. The Morgan fingerprint density at radius 2 is 1.94 bits per heavy atom. The van der Waals surface area contributed by atoms with Crippen LogP contribution in [0.5, 0.6) is 0 Å². The van der Waals surface area contributed by atoms with Crippen molar-refractivity contribution in [2.24, 2.45) is 0 Å². The van der Waals surface area contributed by atoms with Crippen LogP contribution in [-0.4, -0.2) is 4.98 Å². The van der Waals surface area contributed by atoms with Gasteiger partial charge in [-0.1, -0.05) is 18.2 Å². The highest BCUT2D eigenvalue weighted by atomic mass is 19.1. The smallest absolute Gasteiger partial charge is 0.232 e. The fourth-order valence-corrected chi connectivity index (χ4v) is 1.96. The second-order valence-electron chi connectivity index (χ2n) is 4.15. The number of nitrogens with zero attached hydrogens (tertiary/aromatic N) is 1. The number of fused-ring (bicyclic) bond motifs is 1. The molecule has 1 aromatic heterocycles. The van der Waals surface area contributed by atoms with Crippen molar-refractivity contribution in [1.82, 2.24) is 4.98 Å². The van der Waals surface area contributed by atoms with Gasteiger partial charge in [0.1, 0.15) is 11.3 Å². The zero-order chi connectivity index (χ0) is 12.7. The largest absolute Gasteiger partial charge is 0.436 e. The molecule has 3 aromatic rings. The molecule has 0 aliphatic heterocycles. The summed E-state index contributed by atoms with van der Waals surface area (Å²) in [6.07, 6.45) is 0. The average Bonchev–Trinajstić information content (AvgIpc) is 2.74. The number of hydrogen-bond donors (Lipinski definition) is 1. The van der Waals surface area contributed by atoms with Gasteiger partial charge in [-0.2, -0.15) is 0 Å². The van der Waals surface area contributed by atoms with E-state index in [4.69, 9.17) is 10.2 Å². The first-order valence-electron chi connectivity index (χ1n) is 5.57. The van der Waals surface area contributed by atoms with E-state index in [1.165, 1.54) is 6.07 Å². The summed E-state index contributed by atoms with van der Waals surface area (Å²) >= 11 is 0. The highest BCUT2D eigenvalue weighted by molar-refractivity contribution is 5.81. The lowest BCUT2D eigenvalue weighted by Gasteiger charge is -2.01. The fraction of sp³-hybridized carbons (Fsp3) is 0.0714. The average molecular weight is 242 g/mol. The molecule has 2 aromatic carbocycles. The van der Waals surface area contributed by atoms with E-state index in [-0.39, 0.29) is 11.5 Å². The minimum atomic E-state index is -0.431. The normalized spacial score (nSPS) is 11.0. The van der Waals surface area contributed by atoms with Crippen LogP contribution in [0, 0.1) is 12.7 Å². The van der Waals surface area contributed by atoms with Gasteiger partial charge in [-0.15, -0.1) is 0 Å². The van der Waals surface area contributed by atoms with E-state index >= 15 is 0 Å². The molecule has 0 amide bonds. The summed E-state index contributed by atoms with van der Waals surface area (Å²) in [5.41, 5.74) is 8.63. The summed E-state index contributed by atoms with van der Waals surface area (Å²) in [6, 6.07) is 10.2. The zero-order valence-electron chi connectivity index (χ0n) is 9.77. The number of nitrogen functional groups attached to an aromatic ring is 1. The van der Waals surface area contributed by atoms with Gasteiger partial charge in [-0.3, -0.25) is 0 Å². The van der Waals surface area contributed by atoms with Gasteiger partial charge in [-0.05, 0) is 30.7 Å². The molecule has 1 heterocycles. The summed E-state index contributed by atoms with van der Waals surface area (Å²) in [7, 11) is 0. The Labute approximate surface area is 103 Å². The van der Waals surface area contributed by atoms with Crippen molar-refractivity contribution in [3.63, 3.8) is 0 Å². The van der Waals surface area contributed by atoms with Crippen molar-refractivity contribution < 1.29 is 8.81 Å². The van der Waals surface area contributed by atoms with Gasteiger partial charge in [0.05, 0.1) is 5.56 Å². The summed E-state index contributed by atoms with van der Waals surface area (Å²) in [4.78, 5) is 4.28. The molecule has 3 nitrogen and oxygen atoms in total. The first-order chi connectivity index (χ1) is 8.66. The molecule has 0 radical (unpaired) electrons. The molecular weight excluding hydrogens is 231 g/mol. The van der Waals surface area contributed by atoms with Gasteiger partial charge >= 0.3 is 0 Å². The topological polar surface area (TPSA) is 52.0 Å². The molecule has 2 N–H and O–H groups in total. The third-order valence-corrected chi connectivity index (χ3v) is 2.87. The number of aryl methyl sites for hydroxylation is 1. The van der Waals surface area contributed by atoms with Crippen molar-refractivity contribution in [3.8, 4) is 11.5 Å². The van der Waals surface area contributed by atoms with E-state index in [0.717, 1.165) is 5.56 Å². The number of rotatable bonds is 1. The quantitative estimate of drug-likeness (QED) is 0.664. The lowest BCUT2D eigenvalue weighted by atomic mass is 10.1. The lowest BCUT2D eigenvalue weighted by Crippen LogP contribution is -1.93. The number of para-hydroxylation sites is 1. The highest BCUT2D eigenvalue weighted by Crippen LogP contribution is 2.31. The van der Waals surface area contributed by atoms with Crippen molar-refractivity contribution in [2.45, 2.75) is 6.92 Å². The standard InChI is InChI=1S/C14H11FN2O/c1-8-4-2-7-11-13(8)18-14(17-11)12-9(15)5-3-6-10(12)16/h2-7H,16H2,1H3. The van der Waals surface area contributed by atoms with Gasteiger partial charge in [0, 0.05) is 5.69 Å². The minimum Gasteiger partial charge on any atom is -0.436 e. The van der Waals surface area contributed by atoms with E-state index < -0.39 is 5.82 Å². The molecule has 0 atom stereocenters. The fourth-order valence-electron chi connectivity index (χ4n) is 1.96. The molecule has 90 valence electrons. The van der Waals surface area contributed by atoms with E-state index in [1.807, 2.05) is 25.1 Å². The van der Waals surface area contributed by atoms with E-state index in [2.05, 4.69) is 4.98 Å². The van der Waals surface area contributed by atoms with Crippen molar-refractivity contribution in [1.29, 1.82) is 0 Å². The Morgan fingerprint density at radius 1 is 1.17 bits per heavy atom. The zero-order valence-corrected chi connectivity index (χ0v) is 9.77. The Kier molecular flexibility index (Phi) is 2.30. The molecule has 0 bridgehead atoms. The van der Waals surface area contributed by atoms with Crippen molar-refractivity contribution in [2.75, 3.05) is 5.73 Å². The number of benzene rings is 2. The number of halogens is 1. The van der Waals surface area contributed by atoms with Crippen LogP contribution < -0.4 is 5.73 Å². The first kappa shape index (κ1) is 10.8. The van der Waals surface area contributed by atoms with Gasteiger partial charge in [0.25, 0.3) is 0 Å². The predicted molar refractivity (Wildman–Crippen MR) is 68.6 cm³/mol. The number of anilines is 1. The summed E-state index contributed by atoms with van der Waals surface area (Å²) in [5, 5.41) is 0. The Balaban J connectivity index is 2.30. The molecule has 4 heteroatoms. The third-order valence-electron chi connectivity index (χ3n) is 2.87. The monoisotopic (exact) mass is 242 g/mol. The molecule has 0 unspecified atom stereocenters. The summed E-state index contributed by atoms with van der Waals surface area (Å²) < 4.78 is 19.4. The van der Waals surface area contributed by atoms with Crippen LogP contribution in [0.1, 0.15) is 5.56 Å². The number of hydrogen-bond acceptors (Lipinski definition) is 3. The van der Waals surface area contributed by atoms with Crippen LogP contribution in [0.4, 0.5) is 10.1 Å². The van der Waals surface area contributed by atoms with E-state index in [9.17, 15) is 4.39 Å². The summed E-state index contributed by atoms with van der Waals surface area (Å²) in [6.45, 7) is 1.92. The molecule has 0 aliphatic rings. The Morgan fingerprint density at radius 3 is 2.67 bits per heavy atom. The molecule has 0 fully saturated rings. The second-order valence-corrected chi connectivity index (χ2v) is 4.15. The molecule has 0 aliphatic carbocycles. The van der Waals surface area contributed by atoms with Gasteiger partial charge in [0.15, 0.2) is 5.58 Å². The first-order valence-corrected chi connectivity index (χ1v) is 5.57. The van der Waals surface area contributed by atoms with Crippen molar-refractivity contribution in [3.05, 3.63) is 47.8 Å². The maximum absolute atomic E-state index is 13.8. The molecule has 3 rings (SSSR count). The Bertz CT molecular complexity index is 713. The molecule has 0 saturated carbocycles. The molecule has 0 spiro atoms. The maximum Gasteiger partial charge on any atom is 0.232 e. The van der Waals surface area contributed by atoms with Crippen LogP contribution in [0.3, 0.4) is 0 Å². The number of aromatic nitrogens is 1. The third kappa shape index (κ3) is 1.54. The van der Waals surface area contributed by atoms with Crippen molar-refractivity contribution >= 4 is 16.8 Å². The van der Waals surface area contributed by atoms with Crippen LogP contribution in [0.15, 0.2) is 40.8 Å². The van der Waals surface area contributed by atoms with Crippen LogP contribution in [0.2, 0.25) is 0 Å². The molecule has 18 heavy (non-hydrogen) atoms. The molecule has 0 saturated heterocycles. The predicted octanol–water partition coefficient (Wildman–Crippen LogP) is 3.52. The van der Waals surface area contributed by atoms with E-state index in [0.29, 0.717) is 16.8 Å². The minimum absolute atomic E-state index is 0.216. The van der Waals surface area contributed by atoms with Crippen LogP contribution in [0.25, 0.3) is 22.6 Å². The summed E-state index contributed by atoms with van der Waals surface area (Å²) in [5.74, 6) is -0.214. The van der Waals surface area contributed by atoms with Gasteiger partial charge in [-0.25, -0.2) is 9.37 Å². The second kappa shape index (κ2) is 3.84. The number of oxazole rings is 1. The number of nitrogens with two attached hydrogens (primary N) is 1. The highest BCUT2D eigenvalue weighted by Gasteiger charge is 2.16. The van der Waals surface area contributed by atoms with Gasteiger partial charge in [0.2, 0.25) is 5.89 Å². The van der Waals surface area contributed by atoms with E-state index in [1.54, 1.807) is 12.1 Å². The van der Waals surface area contributed by atoms with Crippen LogP contribution >= 0.6 is 0 Å². The van der Waals surface area contributed by atoms with Gasteiger partial charge < -0.3 is 10.2 Å². The molecular formula is C14H11FN2O. The SMILES string of the molecule is Cc1cccc2nc(-c3c(N)cccc3F)oc12. The Hall–Kier alpha value is -2.36. The lowest BCUT2D eigenvalue weighted by molar-refractivity contribution is 0.593.